The van der Waals surface area contributed by atoms with Gasteiger partial charge in [0.1, 0.15) is 22.7 Å². The molecule has 0 bridgehead atoms. The molecule has 1 amide bonds. The van der Waals surface area contributed by atoms with Crippen LogP contribution in [0.25, 0.3) is 21.9 Å². The zero-order valence-corrected chi connectivity index (χ0v) is 16.6. The molecule has 30 heavy (non-hydrogen) atoms. The van der Waals surface area contributed by atoms with Gasteiger partial charge >= 0.3 is 5.97 Å². The van der Waals surface area contributed by atoms with Crippen molar-refractivity contribution < 1.29 is 27.9 Å². The number of carbonyl (C=O) groups is 2. The van der Waals surface area contributed by atoms with Crippen LogP contribution in [-0.4, -0.2) is 25.1 Å². The first-order valence-electron chi connectivity index (χ1n) is 9.57. The third-order valence-corrected chi connectivity index (χ3v) is 4.79. The Kier molecular flexibility index (Phi) is 5.43. The number of hydrogen-bond donors (Lipinski definition) is 1. The Morgan fingerprint density at radius 2 is 1.90 bits per heavy atom. The lowest BCUT2D eigenvalue weighted by Crippen LogP contribution is -2.30. The van der Waals surface area contributed by atoms with Crippen LogP contribution in [0.15, 0.2) is 63.6 Å². The molecule has 2 heterocycles. The minimum atomic E-state index is -0.967. The van der Waals surface area contributed by atoms with E-state index < -0.39 is 18.0 Å². The fraction of sp³-hybridized carbons (Fsp3) is 0.217. The minimum absolute atomic E-state index is 0.124. The van der Waals surface area contributed by atoms with Crippen molar-refractivity contribution in [3.63, 3.8) is 0 Å². The second-order valence-electron chi connectivity index (χ2n) is 6.85. The van der Waals surface area contributed by atoms with E-state index in [1.165, 1.54) is 14.0 Å². The van der Waals surface area contributed by atoms with Gasteiger partial charge in [-0.25, -0.2) is 0 Å². The van der Waals surface area contributed by atoms with E-state index in [-0.39, 0.29) is 6.42 Å². The summed E-state index contributed by atoms with van der Waals surface area (Å²) in [5.41, 5.74) is 1.81. The van der Waals surface area contributed by atoms with Crippen molar-refractivity contribution in [2.24, 2.45) is 0 Å². The molecule has 0 saturated carbocycles. The second-order valence-corrected chi connectivity index (χ2v) is 6.85. The van der Waals surface area contributed by atoms with E-state index in [0.29, 0.717) is 29.2 Å². The molecule has 0 unspecified atom stereocenters. The molecule has 4 aromatic rings. The third-order valence-electron chi connectivity index (χ3n) is 4.79. The van der Waals surface area contributed by atoms with E-state index in [0.717, 1.165) is 16.4 Å². The molecule has 4 rings (SSSR count). The fourth-order valence-corrected chi connectivity index (χ4v) is 3.24. The fourth-order valence-electron chi connectivity index (χ4n) is 3.24. The van der Waals surface area contributed by atoms with Crippen LogP contribution >= 0.6 is 0 Å². The van der Waals surface area contributed by atoms with Crippen LogP contribution < -0.4 is 10.1 Å². The molecule has 2 aromatic carbocycles. The number of methoxy groups -OCH3 is 1. The minimum Gasteiger partial charge on any atom is -0.495 e. The molecule has 0 radical (unpaired) electrons. The predicted molar refractivity (Wildman–Crippen MR) is 111 cm³/mol. The number of ether oxygens (including phenoxy) is 2. The van der Waals surface area contributed by atoms with Gasteiger partial charge in [0.15, 0.2) is 6.10 Å². The molecule has 154 valence electrons. The maximum Gasteiger partial charge on any atom is 0.307 e. The van der Waals surface area contributed by atoms with Crippen molar-refractivity contribution in [3.05, 3.63) is 60.6 Å². The first-order chi connectivity index (χ1) is 14.5. The molecule has 0 aliphatic rings. The molecule has 1 atom stereocenters. The van der Waals surface area contributed by atoms with Crippen LogP contribution in [0, 0.1) is 0 Å². The van der Waals surface area contributed by atoms with Gasteiger partial charge in [0.05, 0.1) is 25.5 Å². The maximum absolute atomic E-state index is 12.6. The Balaban J connectivity index is 1.46. The summed E-state index contributed by atoms with van der Waals surface area (Å²) in [5.74, 6) is 0.232. The van der Waals surface area contributed by atoms with Gasteiger partial charge in [0, 0.05) is 23.3 Å². The number of rotatable bonds is 7. The van der Waals surface area contributed by atoms with Crippen LogP contribution in [0.4, 0.5) is 5.69 Å². The molecule has 0 fully saturated rings. The Bertz CT molecular complexity index is 1190. The van der Waals surface area contributed by atoms with Crippen molar-refractivity contribution in [1.29, 1.82) is 0 Å². The average Bonchev–Trinajstić information content (AvgIpc) is 3.38. The molecule has 7 nitrogen and oxygen atoms in total. The topological polar surface area (TPSA) is 90.9 Å². The highest BCUT2D eigenvalue weighted by molar-refractivity contribution is 6.08. The lowest BCUT2D eigenvalue weighted by Gasteiger charge is -2.15. The predicted octanol–water partition coefficient (Wildman–Crippen LogP) is 4.69. The number of hydrogen-bond acceptors (Lipinski definition) is 6. The molecule has 0 aliphatic carbocycles. The van der Waals surface area contributed by atoms with Gasteiger partial charge in [-0.1, -0.05) is 18.2 Å². The molecule has 0 spiro atoms. The lowest BCUT2D eigenvalue weighted by molar-refractivity contribution is -0.153. The molecule has 0 aliphatic heterocycles. The Morgan fingerprint density at radius 1 is 1.07 bits per heavy atom. The zero-order valence-electron chi connectivity index (χ0n) is 16.6. The summed E-state index contributed by atoms with van der Waals surface area (Å²) < 4.78 is 21.7. The standard InChI is InChI=1S/C23H21NO6/c1-14(29-22(25)10-9-15-6-5-11-28-15)23(26)24-18-13-20-17(12-21(18)27-2)16-7-3-4-8-19(16)30-20/h3-8,11-14H,9-10H2,1-2H3,(H,24,26)/t14-/m1/s1. The van der Waals surface area contributed by atoms with Crippen molar-refractivity contribution in [2.75, 3.05) is 12.4 Å². The highest BCUT2D eigenvalue weighted by Gasteiger charge is 2.21. The van der Waals surface area contributed by atoms with E-state index in [9.17, 15) is 9.59 Å². The SMILES string of the molecule is COc1cc2c(cc1NC(=O)[C@@H](C)OC(=O)CCc1ccco1)oc1ccccc12. The van der Waals surface area contributed by atoms with Crippen LogP contribution in [0.3, 0.4) is 0 Å². The zero-order chi connectivity index (χ0) is 21.1. The molecule has 1 N–H and O–H groups in total. The number of amides is 1. The van der Waals surface area contributed by atoms with Crippen molar-refractivity contribution >= 4 is 39.5 Å². The van der Waals surface area contributed by atoms with Crippen LogP contribution in [-0.2, 0) is 20.7 Å². The van der Waals surface area contributed by atoms with Crippen LogP contribution in [0.1, 0.15) is 19.1 Å². The average molecular weight is 407 g/mol. The van der Waals surface area contributed by atoms with Gasteiger partial charge < -0.3 is 23.6 Å². The molecule has 2 aromatic heterocycles. The number of carbonyl (C=O) groups excluding carboxylic acids is 2. The summed E-state index contributed by atoms with van der Waals surface area (Å²) in [5, 5.41) is 4.60. The van der Waals surface area contributed by atoms with Gasteiger partial charge in [0.2, 0.25) is 0 Å². The largest absolute Gasteiger partial charge is 0.495 e. The van der Waals surface area contributed by atoms with E-state index in [2.05, 4.69) is 5.32 Å². The van der Waals surface area contributed by atoms with Crippen molar-refractivity contribution in [3.8, 4) is 5.75 Å². The summed E-state index contributed by atoms with van der Waals surface area (Å²) in [7, 11) is 1.52. The number of nitrogens with one attached hydrogen (secondary N) is 1. The van der Waals surface area contributed by atoms with Gasteiger partial charge in [-0.2, -0.15) is 0 Å². The number of para-hydroxylation sites is 1. The summed E-state index contributed by atoms with van der Waals surface area (Å²) in [6.07, 6.45) is 1.11. The van der Waals surface area contributed by atoms with Crippen LogP contribution in [0.2, 0.25) is 0 Å². The molecular formula is C23H21NO6. The van der Waals surface area contributed by atoms with E-state index >= 15 is 0 Å². The Labute approximate surface area is 172 Å². The number of furan rings is 2. The summed E-state index contributed by atoms with van der Waals surface area (Å²) in [6.45, 7) is 1.52. The first kappa shape index (κ1) is 19.6. The van der Waals surface area contributed by atoms with Crippen molar-refractivity contribution in [1.82, 2.24) is 0 Å². The van der Waals surface area contributed by atoms with Gasteiger partial charge in [0.25, 0.3) is 5.91 Å². The highest BCUT2D eigenvalue weighted by Crippen LogP contribution is 2.36. The third kappa shape index (κ3) is 4.00. The van der Waals surface area contributed by atoms with Crippen LogP contribution in [0.5, 0.6) is 5.75 Å². The summed E-state index contributed by atoms with van der Waals surface area (Å²) in [6, 6.07) is 14.7. The van der Waals surface area contributed by atoms with Gasteiger partial charge in [-0.05, 0) is 31.2 Å². The maximum atomic E-state index is 12.6. The number of anilines is 1. The Hall–Kier alpha value is -3.74. The quantitative estimate of drug-likeness (QED) is 0.447. The molecule has 0 saturated heterocycles. The molecule has 7 heteroatoms. The number of aryl methyl sites for hydroxylation is 1. The number of fused-ring (bicyclic) bond motifs is 3. The van der Waals surface area contributed by atoms with Gasteiger partial charge in [-0.15, -0.1) is 0 Å². The van der Waals surface area contributed by atoms with E-state index in [1.54, 1.807) is 24.5 Å². The monoisotopic (exact) mass is 407 g/mol. The Morgan fingerprint density at radius 3 is 2.67 bits per heavy atom. The van der Waals surface area contributed by atoms with Gasteiger partial charge in [-0.3, -0.25) is 9.59 Å². The summed E-state index contributed by atoms with van der Waals surface area (Å²) in [4.78, 5) is 24.6. The smallest absolute Gasteiger partial charge is 0.307 e. The highest BCUT2D eigenvalue weighted by atomic mass is 16.5. The molecular weight excluding hydrogens is 386 g/mol. The first-order valence-corrected chi connectivity index (χ1v) is 9.57. The number of esters is 1. The lowest BCUT2D eigenvalue weighted by atomic mass is 10.1. The van der Waals surface area contributed by atoms with E-state index in [1.807, 2.05) is 30.3 Å². The number of benzene rings is 2. The second kappa shape index (κ2) is 8.32. The van der Waals surface area contributed by atoms with E-state index in [4.69, 9.17) is 18.3 Å². The normalized spacial score (nSPS) is 12.1. The summed E-state index contributed by atoms with van der Waals surface area (Å²) >= 11 is 0. The van der Waals surface area contributed by atoms with Crippen molar-refractivity contribution in [2.45, 2.75) is 25.9 Å².